The molecule has 0 aliphatic rings. The molecule has 0 radical (unpaired) electrons. The van der Waals surface area contributed by atoms with Crippen molar-refractivity contribution in [1.29, 1.82) is 0 Å². The van der Waals surface area contributed by atoms with Gasteiger partial charge in [0.15, 0.2) is 0 Å². The lowest BCUT2D eigenvalue weighted by Crippen LogP contribution is -2.06. The molecule has 0 unspecified atom stereocenters. The number of hydrogen-bond donors (Lipinski definition) is 2. The van der Waals surface area contributed by atoms with E-state index in [0.29, 0.717) is 29.8 Å². The van der Waals surface area contributed by atoms with E-state index in [-0.39, 0.29) is 5.69 Å². The van der Waals surface area contributed by atoms with Gasteiger partial charge in [0.25, 0.3) is 0 Å². The molecule has 0 spiro atoms. The molecule has 8 heteroatoms. The number of anilines is 4. The molecule has 0 atom stereocenters. The Labute approximate surface area is 160 Å². The third-order valence-corrected chi connectivity index (χ3v) is 3.75. The Morgan fingerprint density at radius 3 is 2.36 bits per heavy atom. The Bertz CT molecular complexity index is 960. The molecule has 0 saturated heterocycles. The van der Waals surface area contributed by atoms with Crippen molar-refractivity contribution < 1.29 is 17.9 Å². The summed E-state index contributed by atoms with van der Waals surface area (Å²) in [7, 11) is 0. The van der Waals surface area contributed by atoms with Crippen LogP contribution in [0.15, 0.2) is 54.6 Å². The van der Waals surface area contributed by atoms with Gasteiger partial charge in [-0.3, -0.25) is 0 Å². The summed E-state index contributed by atoms with van der Waals surface area (Å²) in [5.74, 6) is 2.01. The van der Waals surface area contributed by atoms with Crippen molar-refractivity contribution in [3.8, 4) is 5.75 Å². The molecule has 0 aliphatic heterocycles. The van der Waals surface area contributed by atoms with Crippen molar-refractivity contribution in [2.45, 2.75) is 20.0 Å². The van der Waals surface area contributed by atoms with E-state index in [1.807, 2.05) is 31.2 Å². The van der Waals surface area contributed by atoms with Crippen molar-refractivity contribution in [3.05, 3.63) is 66.0 Å². The lowest BCUT2D eigenvalue weighted by Gasteiger charge is -2.14. The first-order valence-corrected chi connectivity index (χ1v) is 8.64. The fourth-order valence-electron chi connectivity index (χ4n) is 2.61. The van der Waals surface area contributed by atoms with Gasteiger partial charge in [0.05, 0.1) is 17.9 Å². The molecule has 1 aromatic heterocycles. The Morgan fingerprint density at radius 2 is 1.64 bits per heavy atom. The predicted octanol–water partition coefficient (Wildman–Crippen LogP) is 5.69. The molecular formula is C20H19F3N4O. The van der Waals surface area contributed by atoms with Crippen molar-refractivity contribution >= 4 is 23.0 Å². The zero-order valence-electron chi connectivity index (χ0n) is 15.3. The third-order valence-electron chi connectivity index (χ3n) is 3.75. The van der Waals surface area contributed by atoms with Crippen molar-refractivity contribution in [1.82, 2.24) is 9.97 Å². The van der Waals surface area contributed by atoms with Gasteiger partial charge in [-0.25, -0.2) is 9.97 Å². The fourth-order valence-corrected chi connectivity index (χ4v) is 2.61. The van der Waals surface area contributed by atoms with Gasteiger partial charge in [-0.2, -0.15) is 13.2 Å². The van der Waals surface area contributed by atoms with Crippen LogP contribution in [0.25, 0.3) is 0 Å². The van der Waals surface area contributed by atoms with E-state index < -0.39 is 11.7 Å². The Morgan fingerprint density at radius 1 is 0.929 bits per heavy atom. The van der Waals surface area contributed by atoms with E-state index in [9.17, 15) is 13.2 Å². The second kappa shape index (κ2) is 8.16. The summed E-state index contributed by atoms with van der Waals surface area (Å²) in [5.41, 5.74) is 0.285. The van der Waals surface area contributed by atoms with Gasteiger partial charge in [-0.05, 0) is 44.2 Å². The number of aryl methyl sites for hydroxylation is 1. The summed E-state index contributed by atoms with van der Waals surface area (Å²) >= 11 is 0. The number of rotatable bonds is 6. The molecule has 28 heavy (non-hydrogen) atoms. The van der Waals surface area contributed by atoms with E-state index in [0.717, 1.165) is 17.8 Å². The van der Waals surface area contributed by atoms with Crippen LogP contribution in [0.5, 0.6) is 5.75 Å². The molecule has 0 aliphatic carbocycles. The van der Waals surface area contributed by atoms with Gasteiger partial charge < -0.3 is 15.4 Å². The van der Waals surface area contributed by atoms with Gasteiger partial charge in [0.2, 0.25) is 0 Å². The van der Waals surface area contributed by atoms with E-state index in [4.69, 9.17) is 4.74 Å². The summed E-state index contributed by atoms with van der Waals surface area (Å²) in [6.07, 6.45) is -4.41. The maximum atomic E-state index is 12.9. The quantitative estimate of drug-likeness (QED) is 0.568. The lowest BCUT2D eigenvalue weighted by molar-refractivity contribution is -0.137. The third kappa shape index (κ3) is 4.91. The lowest BCUT2D eigenvalue weighted by atomic mass is 10.2. The Balaban J connectivity index is 1.85. The summed E-state index contributed by atoms with van der Waals surface area (Å²) in [5, 5.41) is 6.06. The van der Waals surface area contributed by atoms with Gasteiger partial charge in [-0.15, -0.1) is 0 Å². The van der Waals surface area contributed by atoms with E-state index >= 15 is 0 Å². The molecule has 3 rings (SSSR count). The number of alkyl halides is 3. The molecule has 0 saturated carbocycles. The molecule has 5 nitrogen and oxygen atoms in total. The maximum Gasteiger partial charge on any atom is 0.416 e. The van der Waals surface area contributed by atoms with Crippen LogP contribution >= 0.6 is 0 Å². The highest BCUT2D eigenvalue weighted by Gasteiger charge is 2.30. The molecule has 2 N–H and O–H groups in total. The van der Waals surface area contributed by atoms with Gasteiger partial charge >= 0.3 is 6.18 Å². The molecule has 0 fully saturated rings. The number of nitrogens with one attached hydrogen (secondary N) is 2. The molecular weight excluding hydrogens is 369 g/mol. The summed E-state index contributed by atoms with van der Waals surface area (Å²) < 4.78 is 44.3. The fraction of sp³-hybridized carbons (Fsp3) is 0.200. The van der Waals surface area contributed by atoms with Crippen LogP contribution in [-0.4, -0.2) is 16.6 Å². The number of halogens is 3. The van der Waals surface area contributed by atoms with Crippen LogP contribution in [0.1, 0.15) is 18.3 Å². The first-order chi connectivity index (χ1) is 13.3. The van der Waals surface area contributed by atoms with E-state index in [1.165, 1.54) is 6.07 Å². The van der Waals surface area contributed by atoms with E-state index in [2.05, 4.69) is 20.6 Å². The maximum absolute atomic E-state index is 12.9. The zero-order valence-corrected chi connectivity index (χ0v) is 15.3. The Kier molecular flexibility index (Phi) is 5.67. The minimum Gasteiger partial charge on any atom is -0.492 e. The highest BCUT2D eigenvalue weighted by molar-refractivity contribution is 5.67. The summed E-state index contributed by atoms with van der Waals surface area (Å²) in [6.45, 7) is 4.11. The first-order valence-electron chi connectivity index (χ1n) is 8.64. The van der Waals surface area contributed by atoms with Crippen LogP contribution < -0.4 is 15.4 Å². The molecule has 146 valence electrons. The average Bonchev–Trinajstić information content (AvgIpc) is 2.63. The average molecular weight is 388 g/mol. The number of aromatic nitrogens is 2. The SMILES string of the molecule is CCOc1ccccc1Nc1cc(Nc2cccc(C(F)(F)F)c2)nc(C)n1. The number of ether oxygens (including phenoxy) is 1. The molecule has 0 amide bonds. The van der Waals surface area contributed by atoms with Gasteiger partial charge in [-0.1, -0.05) is 18.2 Å². The van der Waals surface area contributed by atoms with Crippen LogP contribution in [0.4, 0.5) is 36.2 Å². The van der Waals surface area contributed by atoms with Gasteiger partial charge in [0, 0.05) is 11.8 Å². The summed E-state index contributed by atoms with van der Waals surface area (Å²) in [6, 6.07) is 14.0. The minimum atomic E-state index is -4.41. The molecule has 1 heterocycles. The highest BCUT2D eigenvalue weighted by Crippen LogP contribution is 2.32. The highest BCUT2D eigenvalue weighted by atomic mass is 19.4. The second-order valence-electron chi connectivity index (χ2n) is 5.94. The minimum absolute atomic E-state index is 0.286. The van der Waals surface area contributed by atoms with Crippen molar-refractivity contribution in [2.75, 3.05) is 17.2 Å². The molecule has 0 bridgehead atoms. The number of para-hydroxylation sites is 2. The second-order valence-corrected chi connectivity index (χ2v) is 5.94. The van der Waals surface area contributed by atoms with Crippen molar-refractivity contribution in [3.63, 3.8) is 0 Å². The van der Waals surface area contributed by atoms with Crippen LogP contribution in [0.3, 0.4) is 0 Å². The van der Waals surface area contributed by atoms with Gasteiger partial charge in [0.1, 0.15) is 23.2 Å². The topological polar surface area (TPSA) is 59.1 Å². The summed E-state index contributed by atoms with van der Waals surface area (Å²) in [4.78, 5) is 8.58. The predicted molar refractivity (Wildman–Crippen MR) is 102 cm³/mol. The first kappa shape index (κ1) is 19.5. The van der Waals surface area contributed by atoms with Crippen LogP contribution in [0, 0.1) is 6.92 Å². The molecule has 3 aromatic rings. The van der Waals surface area contributed by atoms with Crippen LogP contribution in [-0.2, 0) is 6.18 Å². The number of hydrogen-bond acceptors (Lipinski definition) is 5. The van der Waals surface area contributed by atoms with Crippen LogP contribution in [0.2, 0.25) is 0 Å². The normalized spacial score (nSPS) is 11.2. The molecule has 2 aromatic carbocycles. The Hall–Kier alpha value is -3.29. The smallest absolute Gasteiger partial charge is 0.416 e. The standard InChI is InChI=1S/C20H19F3N4O/c1-3-28-17-10-5-4-9-16(17)27-19-12-18(24-13(2)25-19)26-15-8-6-7-14(11-15)20(21,22)23/h4-12H,3H2,1-2H3,(H2,24,25,26,27). The number of nitrogens with zero attached hydrogens (tertiary/aromatic N) is 2. The zero-order chi connectivity index (χ0) is 20.1. The van der Waals surface area contributed by atoms with Crippen molar-refractivity contribution in [2.24, 2.45) is 0 Å². The largest absolute Gasteiger partial charge is 0.492 e. The monoisotopic (exact) mass is 388 g/mol. The van der Waals surface area contributed by atoms with E-state index in [1.54, 1.807) is 19.1 Å². The number of benzene rings is 2.